The lowest BCUT2D eigenvalue weighted by molar-refractivity contribution is -0.121. The first kappa shape index (κ1) is 16.3. The molecule has 2 aromatic rings. The van der Waals surface area contributed by atoms with Crippen LogP contribution in [0.25, 0.3) is 10.2 Å². The number of thiazole rings is 1. The third-order valence-electron chi connectivity index (χ3n) is 4.27. The summed E-state index contributed by atoms with van der Waals surface area (Å²) in [5, 5.41) is 12.6. The molecule has 1 atom stereocenters. The number of amides is 1. The molecule has 0 spiro atoms. The van der Waals surface area contributed by atoms with Gasteiger partial charge in [-0.1, -0.05) is 23.5 Å². The number of carbonyl (C=O) groups excluding carboxylic acids is 1. The van der Waals surface area contributed by atoms with Crippen LogP contribution in [-0.4, -0.2) is 71.2 Å². The fourth-order valence-corrected chi connectivity index (χ4v) is 3.69. The number of piperazine rings is 1. The van der Waals surface area contributed by atoms with Gasteiger partial charge >= 0.3 is 0 Å². The number of hydrogen-bond acceptors (Lipinski definition) is 6. The van der Waals surface area contributed by atoms with Crippen molar-refractivity contribution in [3.8, 4) is 0 Å². The van der Waals surface area contributed by atoms with Crippen molar-refractivity contribution in [1.29, 1.82) is 0 Å². The number of benzene rings is 1. The highest BCUT2D eigenvalue weighted by Crippen LogP contribution is 2.25. The Morgan fingerprint density at radius 2 is 2.09 bits per heavy atom. The highest BCUT2D eigenvalue weighted by Gasteiger charge is 2.25. The number of nitrogens with one attached hydrogen (secondary N) is 1. The average molecular weight is 334 g/mol. The zero-order valence-electron chi connectivity index (χ0n) is 13.2. The maximum Gasteiger partial charge on any atom is 0.243 e. The summed E-state index contributed by atoms with van der Waals surface area (Å²) in [5.74, 6) is -0.0142. The van der Waals surface area contributed by atoms with Crippen molar-refractivity contribution in [3.63, 3.8) is 0 Å². The Bertz CT molecular complexity index is 634. The van der Waals surface area contributed by atoms with E-state index < -0.39 is 0 Å². The molecule has 3 rings (SSSR count). The van der Waals surface area contributed by atoms with Crippen LogP contribution in [0.2, 0.25) is 0 Å². The van der Waals surface area contributed by atoms with E-state index >= 15 is 0 Å². The minimum atomic E-state index is -0.182. The van der Waals surface area contributed by atoms with E-state index in [0.717, 1.165) is 36.4 Å². The van der Waals surface area contributed by atoms with Crippen LogP contribution in [0.3, 0.4) is 0 Å². The van der Waals surface area contributed by atoms with Gasteiger partial charge in [0, 0.05) is 32.7 Å². The molecule has 1 aromatic carbocycles. The Balaban J connectivity index is 1.57. The summed E-state index contributed by atoms with van der Waals surface area (Å²) >= 11 is 1.50. The zero-order chi connectivity index (χ0) is 16.2. The van der Waals surface area contributed by atoms with Gasteiger partial charge in [0.25, 0.3) is 0 Å². The van der Waals surface area contributed by atoms with Crippen LogP contribution in [0.1, 0.15) is 6.92 Å². The number of anilines is 1. The van der Waals surface area contributed by atoms with Crippen LogP contribution in [0.5, 0.6) is 0 Å². The van der Waals surface area contributed by atoms with Gasteiger partial charge in [-0.25, -0.2) is 4.98 Å². The van der Waals surface area contributed by atoms with E-state index in [4.69, 9.17) is 5.11 Å². The zero-order valence-corrected chi connectivity index (χ0v) is 14.1. The van der Waals surface area contributed by atoms with E-state index in [0.29, 0.717) is 11.7 Å². The molecule has 2 heterocycles. The Morgan fingerprint density at radius 3 is 2.78 bits per heavy atom. The summed E-state index contributed by atoms with van der Waals surface area (Å²) in [7, 11) is 0. The van der Waals surface area contributed by atoms with E-state index in [1.165, 1.54) is 11.3 Å². The van der Waals surface area contributed by atoms with Crippen molar-refractivity contribution in [2.24, 2.45) is 0 Å². The number of aliphatic hydroxyl groups excluding tert-OH is 1. The van der Waals surface area contributed by atoms with Crippen LogP contribution < -0.4 is 5.32 Å². The van der Waals surface area contributed by atoms with Crippen molar-refractivity contribution in [3.05, 3.63) is 24.3 Å². The Labute approximate surface area is 139 Å². The summed E-state index contributed by atoms with van der Waals surface area (Å²) < 4.78 is 1.08. The summed E-state index contributed by atoms with van der Waals surface area (Å²) in [6.45, 7) is 6.29. The van der Waals surface area contributed by atoms with Gasteiger partial charge < -0.3 is 10.4 Å². The average Bonchev–Trinajstić information content (AvgIpc) is 2.97. The second-order valence-electron chi connectivity index (χ2n) is 5.75. The van der Waals surface area contributed by atoms with Crippen LogP contribution in [-0.2, 0) is 4.79 Å². The minimum absolute atomic E-state index is 0.0142. The van der Waals surface area contributed by atoms with Gasteiger partial charge in [0.1, 0.15) is 0 Å². The molecule has 124 valence electrons. The lowest BCUT2D eigenvalue weighted by Crippen LogP contribution is -2.53. The molecule has 23 heavy (non-hydrogen) atoms. The quantitative estimate of drug-likeness (QED) is 0.861. The number of aromatic nitrogens is 1. The second kappa shape index (κ2) is 7.35. The number of carbonyl (C=O) groups is 1. The van der Waals surface area contributed by atoms with Crippen molar-refractivity contribution in [1.82, 2.24) is 14.8 Å². The number of aliphatic hydroxyl groups is 1. The predicted octanol–water partition coefficient (Wildman–Crippen LogP) is 1.23. The predicted molar refractivity (Wildman–Crippen MR) is 92.8 cm³/mol. The van der Waals surface area contributed by atoms with Crippen molar-refractivity contribution < 1.29 is 9.90 Å². The minimum Gasteiger partial charge on any atom is -0.395 e. The first-order chi connectivity index (χ1) is 11.2. The molecule has 1 unspecified atom stereocenters. The highest BCUT2D eigenvalue weighted by atomic mass is 32.1. The number of β-amino-alcohol motifs (C(OH)–C–C–N with tert-alkyl or cyclic N) is 1. The molecular weight excluding hydrogens is 312 g/mol. The van der Waals surface area contributed by atoms with Crippen molar-refractivity contribution in [2.45, 2.75) is 13.0 Å². The summed E-state index contributed by atoms with van der Waals surface area (Å²) in [5.41, 5.74) is 0.915. The van der Waals surface area contributed by atoms with Gasteiger partial charge in [0.15, 0.2) is 5.13 Å². The molecule has 6 nitrogen and oxygen atoms in total. The van der Waals surface area contributed by atoms with Crippen LogP contribution in [0, 0.1) is 0 Å². The highest BCUT2D eigenvalue weighted by molar-refractivity contribution is 7.22. The normalized spacial score (nSPS) is 18.2. The largest absolute Gasteiger partial charge is 0.395 e. The molecule has 1 aromatic heterocycles. The maximum atomic E-state index is 12.5. The van der Waals surface area contributed by atoms with Crippen LogP contribution in [0.15, 0.2) is 24.3 Å². The standard InChI is InChI=1S/C16H22N4O2S/c1-12(20-8-6-19(7-9-20)10-11-21)15(22)18-16-17-13-4-2-3-5-14(13)23-16/h2-5,12,21H,6-11H2,1H3,(H,17,18,22). The lowest BCUT2D eigenvalue weighted by Gasteiger charge is -2.37. The molecular formula is C16H22N4O2S. The van der Waals surface area contributed by atoms with E-state index in [9.17, 15) is 4.79 Å². The fourth-order valence-electron chi connectivity index (χ4n) is 2.82. The summed E-state index contributed by atoms with van der Waals surface area (Å²) in [6.07, 6.45) is 0. The Hall–Kier alpha value is -1.54. The summed E-state index contributed by atoms with van der Waals surface area (Å²) in [6, 6.07) is 7.69. The molecule has 1 aliphatic rings. The number of hydrogen-bond donors (Lipinski definition) is 2. The monoisotopic (exact) mass is 334 g/mol. The maximum absolute atomic E-state index is 12.5. The molecule has 1 amide bonds. The Morgan fingerprint density at radius 1 is 1.35 bits per heavy atom. The molecule has 7 heteroatoms. The van der Waals surface area contributed by atoms with Gasteiger partial charge in [0.2, 0.25) is 5.91 Å². The Kier molecular flexibility index (Phi) is 5.22. The van der Waals surface area contributed by atoms with E-state index in [1.807, 2.05) is 31.2 Å². The number of para-hydroxylation sites is 1. The lowest BCUT2D eigenvalue weighted by atomic mass is 10.2. The molecule has 0 saturated carbocycles. The third-order valence-corrected chi connectivity index (χ3v) is 5.23. The van der Waals surface area contributed by atoms with Crippen LogP contribution >= 0.6 is 11.3 Å². The molecule has 0 bridgehead atoms. The van der Waals surface area contributed by atoms with Gasteiger partial charge in [-0.3, -0.25) is 14.6 Å². The summed E-state index contributed by atoms with van der Waals surface area (Å²) in [4.78, 5) is 21.3. The van der Waals surface area contributed by atoms with Gasteiger partial charge in [-0.2, -0.15) is 0 Å². The first-order valence-corrected chi connectivity index (χ1v) is 8.73. The van der Waals surface area contributed by atoms with E-state index in [1.54, 1.807) is 0 Å². The number of fused-ring (bicyclic) bond motifs is 1. The topological polar surface area (TPSA) is 68.7 Å². The van der Waals surface area contributed by atoms with Crippen LogP contribution in [0.4, 0.5) is 5.13 Å². The molecule has 0 radical (unpaired) electrons. The van der Waals surface area contributed by atoms with Gasteiger partial charge in [0.05, 0.1) is 22.9 Å². The number of nitrogens with zero attached hydrogens (tertiary/aromatic N) is 3. The van der Waals surface area contributed by atoms with Gasteiger partial charge in [-0.15, -0.1) is 0 Å². The molecule has 2 N–H and O–H groups in total. The molecule has 1 aliphatic heterocycles. The van der Waals surface area contributed by atoms with E-state index in [2.05, 4.69) is 20.1 Å². The SMILES string of the molecule is CC(C(=O)Nc1nc2ccccc2s1)N1CCN(CCO)CC1. The third kappa shape index (κ3) is 3.87. The van der Waals surface area contributed by atoms with Crippen molar-refractivity contribution in [2.75, 3.05) is 44.6 Å². The van der Waals surface area contributed by atoms with E-state index in [-0.39, 0.29) is 18.6 Å². The molecule has 1 fully saturated rings. The molecule has 1 saturated heterocycles. The smallest absolute Gasteiger partial charge is 0.243 e. The number of rotatable bonds is 5. The fraction of sp³-hybridized carbons (Fsp3) is 0.500. The first-order valence-electron chi connectivity index (χ1n) is 7.91. The van der Waals surface area contributed by atoms with Crippen molar-refractivity contribution >= 4 is 32.6 Å². The van der Waals surface area contributed by atoms with Gasteiger partial charge in [-0.05, 0) is 19.1 Å². The second-order valence-corrected chi connectivity index (χ2v) is 6.78. The molecule has 0 aliphatic carbocycles.